The average Bonchev–Trinajstić information content (AvgIpc) is 2.81. The Morgan fingerprint density at radius 1 is 1.30 bits per heavy atom. The van der Waals surface area contributed by atoms with Crippen molar-refractivity contribution in [3.05, 3.63) is 22.5 Å². The fraction of sp³-hybridized carbons (Fsp3) is 0.647. The van der Waals surface area contributed by atoms with Crippen LogP contribution in [0.15, 0.2) is 0 Å². The lowest BCUT2D eigenvalue weighted by atomic mass is 9.97. The summed E-state index contributed by atoms with van der Waals surface area (Å²) >= 11 is 0. The molecule has 2 heterocycles. The number of ether oxygens (including phenoxy) is 1. The first kappa shape index (κ1) is 17.5. The molecule has 0 spiro atoms. The third-order valence-corrected chi connectivity index (χ3v) is 4.53. The number of nitrogens with zero attached hydrogens (tertiary/aromatic N) is 1. The monoisotopic (exact) mass is 321 g/mol. The SMILES string of the molecule is CCOC(=O)c1c(C)[nH]c(C(=O)NCC2CCN(C)CC2)c1C. The minimum Gasteiger partial charge on any atom is -0.462 e. The lowest BCUT2D eigenvalue weighted by molar-refractivity contribution is 0.0525. The van der Waals surface area contributed by atoms with E-state index in [0.717, 1.165) is 25.9 Å². The van der Waals surface area contributed by atoms with Gasteiger partial charge in [-0.15, -0.1) is 0 Å². The van der Waals surface area contributed by atoms with Gasteiger partial charge < -0.3 is 19.9 Å². The maximum Gasteiger partial charge on any atom is 0.340 e. The fourth-order valence-corrected chi connectivity index (χ4v) is 3.08. The van der Waals surface area contributed by atoms with E-state index in [0.29, 0.717) is 41.6 Å². The van der Waals surface area contributed by atoms with Crippen molar-refractivity contribution in [1.29, 1.82) is 0 Å². The number of hydrogen-bond acceptors (Lipinski definition) is 4. The normalized spacial score (nSPS) is 16.3. The van der Waals surface area contributed by atoms with Gasteiger partial charge in [0.05, 0.1) is 12.2 Å². The molecule has 1 saturated heterocycles. The van der Waals surface area contributed by atoms with Gasteiger partial charge in [-0.05, 0) is 65.2 Å². The zero-order chi connectivity index (χ0) is 17.0. The van der Waals surface area contributed by atoms with E-state index in [-0.39, 0.29) is 11.9 Å². The van der Waals surface area contributed by atoms with E-state index in [1.54, 1.807) is 20.8 Å². The highest BCUT2D eigenvalue weighted by molar-refractivity contribution is 6.00. The molecule has 0 atom stereocenters. The summed E-state index contributed by atoms with van der Waals surface area (Å²) in [5, 5.41) is 2.99. The van der Waals surface area contributed by atoms with E-state index < -0.39 is 0 Å². The van der Waals surface area contributed by atoms with Gasteiger partial charge in [-0.25, -0.2) is 4.79 Å². The van der Waals surface area contributed by atoms with Crippen LogP contribution in [0.25, 0.3) is 0 Å². The predicted octanol–water partition coefficient (Wildman–Crippen LogP) is 1.88. The van der Waals surface area contributed by atoms with Gasteiger partial charge in [-0.1, -0.05) is 0 Å². The van der Waals surface area contributed by atoms with Gasteiger partial charge in [-0.2, -0.15) is 0 Å². The number of piperidine rings is 1. The number of carbonyl (C=O) groups excluding carboxylic acids is 2. The highest BCUT2D eigenvalue weighted by Crippen LogP contribution is 2.20. The molecule has 1 aliphatic rings. The molecule has 23 heavy (non-hydrogen) atoms. The summed E-state index contributed by atoms with van der Waals surface area (Å²) in [6, 6.07) is 0. The van der Waals surface area contributed by atoms with Crippen molar-refractivity contribution in [3.63, 3.8) is 0 Å². The fourth-order valence-electron chi connectivity index (χ4n) is 3.08. The lowest BCUT2D eigenvalue weighted by Crippen LogP contribution is -2.37. The Bertz CT molecular complexity index is 572. The molecule has 0 saturated carbocycles. The number of esters is 1. The number of carbonyl (C=O) groups is 2. The number of likely N-dealkylation sites (tertiary alicyclic amines) is 1. The number of aromatic amines is 1. The first-order valence-electron chi connectivity index (χ1n) is 8.27. The largest absolute Gasteiger partial charge is 0.462 e. The zero-order valence-electron chi connectivity index (χ0n) is 14.5. The van der Waals surface area contributed by atoms with Gasteiger partial charge >= 0.3 is 5.97 Å². The Morgan fingerprint density at radius 2 is 1.96 bits per heavy atom. The number of aryl methyl sites for hydroxylation is 1. The van der Waals surface area contributed by atoms with Crippen LogP contribution < -0.4 is 5.32 Å². The van der Waals surface area contributed by atoms with Crippen molar-refractivity contribution in [3.8, 4) is 0 Å². The molecule has 1 aromatic rings. The number of rotatable bonds is 5. The third kappa shape index (κ3) is 4.13. The van der Waals surface area contributed by atoms with Gasteiger partial charge in [0.25, 0.3) is 5.91 Å². The van der Waals surface area contributed by atoms with Gasteiger partial charge in [0.1, 0.15) is 5.69 Å². The number of H-pyrrole nitrogens is 1. The van der Waals surface area contributed by atoms with Crippen molar-refractivity contribution in [1.82, 2.24) is 15.2 Å². The van der Waals surface area contributed by atoms with Crippen LogP contribution in [0.4, 0.5) is 0 Å². The maximum absolute atomic E-state index is 12.4. The molecule has 6 heteroatoms. The van der Waals surface area contributed by atoms with Gasteiger partial charge in [0.15, 0.2) is 0 Å². The number of aromatic nitrogens is 1. The molecule has 0 aromatic carbocycles. The summed E-state index contributed by atoms with van der Waals surface area (Å²) in [7, 11) is 2.12. The standard InChI is InChI=1S/C17H27N3O3/c1-5-23-17(22)14-11(2)15(19-12(14)3)16(21)18-10-13-6-8-20(4)9-7-13/h13,19H,5-10H2,1-4H3,(H,18,21). The summed E-state index contributed by atoms with van der Waals surface area (Å²) in [6.45, 7) is 8.49. The van der Waals surface area contributed by atoms with Crippen molar-refractivity contribution in [2.45, 2.75) is 33.6 Å². The lowest BCUT2D eigenvalue weighted by Gasteiger charge is -2.28. The van der Waals surface area contributed by atoms with E-state index in [2.05, 4.69) is 22.2 Å². The van der Waals surface area contributed by atoms with Crippen LogP contribution in [-0.4, -0.2) is 55.0 Å². The summed E-state index contributed by atoms with van der Waals surface area (Å²) in [5.41, 5.74) is 2.25. The third-order valence-electron chi connectivity index (χ3n) is 4.53. The second-order valence-electron chi connectivity index (χ2n) is 6.30. The second kappa shape index (κ2) is 7.64. The molecule has 0 bridgehead atoms. The Morgan fingerprint density at radius 3 is 2.57 bits per heavy atom. The van der Waals surface area contributed by atoms with Crippen LogP contribution in [0.2, 0.25) is 0 Å². The zero-order valence-corrected chi connectivity index (χ0v) is 14.5. The van der Waals surface area contributed by atoms with E-state index in [1.165, 1.54) is 0 Å². The van der Waals surface area contributed by atoms with Gasteiger partial charge in [0, 0.05) is 12.2 Å². The van der Waals surface area contributed by atoms with Crippen molar-refractivity contribution in [2.24, 2.45) is 5.92 Å². The minimum atomic E-state index is -0.381. The van der Waals surface area contributed by atoms with Crippen LogP contribution >= 0.6 is 0 Å². The Balaban J connectivity index is 1.99. The van der Waals surface area contributed by atoms with Crippen molar-refractivity contribution >= 4 is 11.9 Å². The molecule has 2 N–H and O–H groups in total. The van der Waals surface area contributed by atoms with Crippen molar-refractivity contribution < 1.29 is 14.3 Å². The number of hydrogen-bond donors (Lipinski definition) is 2. The molecule has 1 amide bonds. The van der Waals surface area contributed by atoms with Crippen LogP contribution in [-0.2, 0) is 4.74 Å². The predicted molar refractivity (Wildman–Crippen MR) is 88.8 cm³/mol. The quantitative estimate of drug-likeness (QED) is 0.812. The van der Waals surface area contributed by atoms with E-state index in [1.807, 2.05) is 0 Å². The summed E-state index contributed by atoms with van der Waals surface area (Å²) in [5.74, 6) is -0.00997. The first-order chi connectivity index (χ1) is 10.9. The number of amides is 1. The molecular formula is C17H27N3O3. The molecule has 1 aliphatic heterocycles. The molecule has 1 fully saturated rings. The number of nitrogens with one attached hydrogen (secondary N) is 2. The summed E-state index contributed by atoms with van der Waals surface area (Å²) in [4.78, 5) is 29.7. The molecule has 0 aliphatic carbocycles. The average molecular weight is 321 g/mol. The first-order valence-corrected chi connectivity index (χ1v) is 8.27. The Kier molecular flexibility index (Phi) is 5.82. The molecule has 6 nitrogen and oxygen atoms in total. The van der Waals surface area contributed by atoms with Crippen LogP contribution in [0.1, 0.15) is 51.9 Å². The molecule has 2 rings (SSSR count). The van der Waals surface area contributed by atoms with Gasteiger partial charge in [-0.3, -0.25) is 4.79 Å². The van der Waals surface area contributed by atoms with Crippen LogP contribution in [0.3, 0.4) is 0 Å². The molecule has 128 valence electrons. The maximum atomic E-state index is 12.4. The second-order valence-corrected chi connectivity index (χ2v) is 6.30. The molecule has 0 unspecified atom stereocenters. The van der Waals surface area contributed by atoms with E-state index in [4.69, 9.17) is 4.74 Å². The Labute approximate surface area is 137 Å². The van der Waals surface area contributed by atoms with Crippen molar-refractivity contribution in [2.75, 3.05) is 33.3 Å². The molecular weight excluding hydrogens is 294 g/mol. The molecule has 0 radical (unpaired) electrons. The summed E-state index contributed by atoms with van der Waals surface area (Å²) < 4.78 is 5.05. The van der Waals surface area contributed by atoms with E-state index in [9.17, 15) is 9.59 Å². The Hall–Kier alpha value is -1.82. The summed E-state index contributed by atoms with van der Waals surface area (Å²) in [6.07, 6.45) is 2.21. The highest BCUT2D eigenvalue weighted by Gasteiger charge is 2.23. The minimum absolute atomic E-state index is 0.153. The van der Waals surface area contributed by atoms with E-state index >= 15 is 0 Å². The van der Waals surface area contributed by atoms with Crippen LogP contribution in [0, 0.1) is 19.8 Å². The highest BCUT2D eigenvalue weighted by atomic mass is 16.5. The molecule has 1 aromatic heterocycles. The van der Waals surface area contributed by atoms with Crippen LogP contribution in [0.5, 0.6) is 0 Å². The smallest absolute Gasteiger partial charge is 0.340 e. The topological polar surface area (TPSA) is 74.4 Å². The van der Waals surface area contributed by atoms with Gasteiger partial charge in [0.2, 0.25) is 0 Å².